The number of rotatable bonds is 9. The van der Waals surface area contributed by atoms with Gasteiger partial charge >= 0.3 is 19.2 Å². The Labute approximate surface area is 278 Å². The first-order valence-electron chi connectivity index (χ1n) is 13.4. The number of anilines is 1. The standard InChI is InChI=1S/C26H18ClF9N6O5S2/c27-19-18-20(39-22(38-19)25(31,32)33)40-24(48-18)41-7-8-42(49(44,45)14-4-2-13(3-5-14)47-26(34,35)36)16(11-41)21(43)37-10-12-1-6-17(15(28)9-12)46-23(29)30/h1-6,9,16,23H,7-8,10-11H2,(H,37,43)/t16-/m1/s1. The van der Waals surface area contributed by atoms with Crippen molar-refractivity contribution in [3.05, 3.63) is 64.8 Å². The zero-order valence-corrected chi connectivity index (χ0v) is 26.3. The molecule has 2 aromatic carbocycles. The van der Waals surface area contributed by atoms with Crippen LogP contribution in [0.25, 0.3) is 10.3 Å². The van der Waals surface area contributed by atoms with E-state index in [1.165, 1.54) is 4.90 Å². The molecule has 1 amide bonds. The molecule has 1 atom stereocenters. The van der Waals surface area contributed by atoms with Gasteiger partial charge in [-0.3, -0.25) is 4.79 Å². The molecule has 3 heterocycles. The van der Waals surface area contributed by atoms with Gasteiger partial charge in [0.15, 0.2) is 27.5 Å². The van der Waals surface area contributed by atoms with Crippen molar-refractivity contribution in [1.29, 1.82) is 0 Å². The van der Waals surface area contributed by atoms with Gasteiger partial charge in [-0.2, -0.15) is 31.2 Å². The third kappa shape index (κ3) is 8.36. The molecule has 0 saturated carbocycles. The number of aromatic nitrogens is 3. The molecule has 1 saturated heterocycles. The van der Waals surface area contributed by atoms with E-state index in [2.05, 4.69) is 29.7 Å². The lowest BCUT2D eigenvalue weighted by Crippen LogP contribution is -2.60. The number of thiazole rings is 1. The first kappa shape index (κ1) is 36.1. The van der Waals surface area contributed by atoms with Gasteiger partial charge in [0.05, 0.1) is 4.90 Å². The Morgan fingerprint density at radius 2 is 1.73 bits per heavy atom. The molecule has 5 rings (SSSR count). The number of amides is 1. The highest BCUT2D eigenvalue weighted by Crippen LogP contribution is 2.37. The summed E-state index contributed by atoms with van der Waals surface area (Å²) < 4.78 is 153. The predicted molar refractivity (Wildman–Crippen MR) is 153 cm³/mol. The molecule has 11 nitrogen and oxygen atoms in total. The molecule has 49 heavy (non-hydrogen) atoms. The third-order valence-corrected chi connectivity index (χ3v) is 10.1. The zero-order valence-electron chi connectivity index (χ0n) is 23.9. The minimum atomic E-state index is -5.05. The summed E-state index contributed by atoms with van der Waals surface area (Å²) >= 11 is 6.72. The highest BCUT2D eigenvalue weighted by molar-refractivity contribution is 7.89. The zero-order chi connectivity index (χ0) is 35.9. The maximum atomic E-state index is 14.2. The fourth-order valence-electron chi connectivity index (χ4n) is 4.59. The summed E-state index contributed by atoms with van der Waals surface area (Å²) in [6, 6.07) is 4.41. The average molecular weight is 765 g/mol. The number of piperazine rings is 1. The summed E-state index contributed by atoms with van der Waals surface area (Å²) in [5, 5.41) is 1.87. The Bertz CT molecular complexity index is 1960. The van der Waals surface area contributed by atoms with Crippen molar-refractivity contribution in [2.24, 2.45) is 0 Å². The number of nitrogens with one attached hydrogen (secondary N) is 1. The van der Waals surface area contributed by atoms with Crippen LogP contribution >= 0.6 is 22.9 Å². The number of carbonyl (C=O) groups excluding carboxylic acids is 1. The number of benzene rings is 2. The minimum absolute atomic E-state index is 0.00529. The number of ether oxygens (including phenoxy) is 2. The van der Waals surface area contributed by atoms with Gasteiger partial charge in [0.1, 0.15) is 16.5 Å². The Balaban J connectivity index is 1.43. The first-order chi connectivity index (χ1) is 22.8. The maximum absolute atomic E-state index is 14.2. The summed E-state index contributed by atoms with van der Waals surface area (Å²) in [6.07, 6.45) is -10.00. The monoisotopic (exact) mass is 764 g/mol. The van der Waals surface area contributed by atoms with Gasteiger partial charge in [0, 0.05) is 26.2 Å². The van der Waals surface area contributed by atoms with Crippen LogP contribution in [0, 0.1) is 5.82 Å². The van der Waals surface area contributed by atoms with Crippen molar-refractivity contribution < 1.29 is 62.2 Å². The second-order valence-corrected chi connectivity index (χ2v) is 13.2. The SMILES string of the molecule is O=C(NCc1ccc(OC(F)F)c(F)c1)[C@H]1CN(c2nc3nc(C(F)(F)F)nc(Cl)c3s2)CCN1S(=O)(=O)c1ccc(OC(F)(F)F)cc1. The van der Waals surface area contributed by atoms with Gasteiger partial charge in [-0.15, -0.1) is 13.2 Å². The number of carbonyl (C=O) groups is 1. The quantitative estimate of drug-likeness (QED) is 0.171. The Kier molecular flexibility index (Phi) is 10.1. The molecule has 2 aromatic heterocycles. The summed E-state index contributed by atoms with van der Waals surface area (Å²) in [5.74, 6) is -5.16. The summed E-state index contributed by atoms with van der Waals surface area (Å²) in [4.78, 5) is 25.1. The van der Waals surface area contributed by atoms with Crippen molar-refractivity contribution in [2.75, 3.05) is 24.5 Å². The fraction of sp³-hybridized carbons (Fsp3) is 0.308. The van der Waals surface area contributed by atoms with Crippen molar-refractivity contribution in [3.63, 3.8) is 0 Å². The molecular formula is C26H18ClF9N6O5S2. The highest BCUT2D eigenvalue weighted by atomic mass is 35.5. The molecule has 0 bridgehead atoms. The number of hydrogen-bond donors (Lipinski definition) is 1. The minimum Gasteiger partial charge on any atom is -0.432 e. The van der Waals surface area contributed by atoms with Crippen LogP contribution in [0.5, 0.6) is 11.5 Å². The summed E-state index contributed by atoms with van der Waals surface area (Å²) in [7, 11) is -4.61. The van der Waals surface area contributed by atoms with E-state index in [1.54, 1.807) is 0 Å². The topological polar surface area (TPSA) is 127 Å². The van der Waals surface area contributed by atoms with E-state index in [0.717, 1.165) is 58.1 Å². The largest absolute Gasteiger partial charge is 0.573 e. The van der Waals surface area contributed by atoms with Crippen LogP contribution in [0.1, 0.15) is 11.4 Å². The van der Waals surface area contributed by atoms with Gasteiger partial charge in [-0.1, -0.05) is 29.0 Å². The molecule has 23 heteroatoms. The number of halogens is 10. The van der Waals surface area contributed by atoms with Crippen molar-refractivity contribution in [3.8, 4) is 11.5 Å². The smallest absolute Gasteiger partial charge is 0.432 e. The van der Waals surface area contributed by atoms with E-state index in [0.29, 0.717) is 0 Å². The van der Waals surface area contributed by atoms with Crippen LogP contribution in [-0.4, -0.2) is 72.2 Å². The molecule has 4 aromatic rings. The van der Waals surface area contributed by atoms with Crippen LogP contribution in [-0.2, 0) is 27.5 Å². The molecule has 1 N–H and O–H groups in total. The van der Waals surface area contributed by atoms with E-state index in [9.17, 15) is 52.7 Å². The molecule has 0 aliphatic carbocycles. The van der Waals surface area contributed by atoms with Crippen LogP contribution in [0.3, 0.4) is 0 Å². The maximum Gasteiger partial charge on any atom is 0.573 e. The number of fused-ring (bicyclic) bond motifs is 1. The Morgan fingerprint density at radius 1 is 1.04 bits per heavy atom. The predicted octanol–water partition coefficient (Wildman–Crippen LogP) is 5.59. The molecule has 264 valence electrons. The van der Waals surface area contributed by atoms with E-state index >= 15 is 0 Å². The fourth-order valence-corrected chi connectivity index (χ4v) is 7.36. The van der Waals surface area contributed by atoms with Gasteiger partial charge in [0.2, 0.25) is 21.8 Å². The summed E-state index contributed by atoms with van der Waals surface area (Å²) in [6.45, 7) is -4.79. The second kappa shape index (κ2) is 13.6. The van der Waals surface area contributed by atoms with Gasteiger partial charge < -0.3 is 19.7 Å². The Morgan fingerprint density at radius 3 is 2.35 bits per heavy atom. The van der Waals surface area contributed by atoms with Gasteiger partial charge in [-0.25, -0.2) is 22.8 Å². The second-order valence-electron chi connectivity index (χ2n) is 9.94. The molecule has 0 spiro atoms. The van der Waals surface area contributed by atoms with Crippen LogP contribution in [0.2, 0.25) is 5.15 Å². The lowest BCUT2D eigenvalue weighted by molar-refractivity contribution is -0.274. The molecule has 1 aliphatic heterocycles. The lowest BCUT2D eigenvalue weighted by atomic mass is 10.1. The number of alkyl halides is 8. The highest BCUT2D eigenvalue weighted by Gasteiger charge is 2.42. The van der Waals surface area contributed by atoms with E-state index in [1.807, 2.05) is 0 Å². The Hall–Kier alpha value is -4.15. The van der Waals surface area contributed by atoms with Crippen molar-refractivity contribution in [1.82, 2.24) is 24.6 Å². The third-order valence-electron chi connectivity index (χ3n) is 6.70. The van der Waals surface area contributed by atoms with Crippen molar-refractivity contribution >= 4 is 54.3 Å². The van der Waals surface area contributed by atoms with E-state index in [4.69, 9.17) is 11.6 Å². The van der Waals surface area contributed by atoms with Crippen LogP contribution in [0.15, 0.2) is 47.4 Å². The first-order valence-corrected chi connectivity index (χ1v) is 16.0. The molecule has 0 unspecified atom stereocenters. The van der Waals surface area contributed by atoms with Crippen LogP contribution in [0.4, 0.5) is 44.6 Å². The lowest BCUT2D eigenvalue weighted by Gasteiger charge is -2.39. The molecule has 1 aliphatic rings. The van der Waals surface area contributed by atoms with Crippen molar-refractivity contribution in [2.45, 2.75) is 36.6 Å². The number of hydrogen-bond acceptors (Lipinski definition) is 10. The van der Waals surface area contributed by atoms with Gasteiger partial charge in [0.25, 0.3) is 0 Å². The molecule has 0 radical (unpaired) electrons. The van der Waals surface area contributed by atoms with Gasteiger partial charge in [-0.05, 0) is 42.0 Å². The van der Waals surface area contributed by atoms with Crippen LogP contribution < -0.4 is 19.7 Å². The molecular weight excluding hydrogens is 747 g/mol. The number of nitrogens with zero attached hydrogens (tertiary/aromatic N) is 5. The normalized spacial score (nSPS) is 16.3. The average Bonchev–Trinajstić information content (AvgIpc) is 3.45. The summed E-state index contributed by atoms with van der Waals surface area (Å²) in [5.41, 5.74) is -0.347. The number of sulfonamides is 1. The molecule has 1 fully saturated rings. The van der Waals surface area contributed by atoms with E-state index < -0.39 is 99.6 Å². The van der Waals surface area contributed by atoms with E-state index in [-0.39, 0.29) is 21.9 Å².